The molecular formula is C21H30N4O2S2. The maximum absolute atomic E-state index is 12.7. The smallest absolute Gasteiger partial charge is 0.341 e. The normalized spacial score (nSPS) is 13.9. The van der Waals surface area contributed by atoms with Crippen LogP contribution in [0.3, 0.4) is 0 Å². The van der Waals surface area contributed by atoms with E-state index in [2.05, 4.69) is 22.7 Å². The minimum absolute atomic E-state index is 0.254. The van der Waals surface area contributed by atoms with Crippen LogP contribution in [0.1, 0.15) is 71.6 Å². The second kappa shape index (κ2) is 10.2. The molecule has 8 heteroatoms. The summed E-state index contributed by atoms with van der Waals surface area (Å²) in [5.74, 6) is -0.254. The molecule has 0 spiro atoms. The van der Waals surface area contributed by atoms with E-state index in [0.29, 0.717) is 23.8 Å². The van der Waals surface area contributed by atoms with Crippen LogP contribution in [0.15, 0.2) is 6.20 Å². The van der Waals surface area contributed by atoms with Crippen molar-refractivity contribution >= 4 is 39.6 Å². The molecule has 0 aliphatic heterocycles. The third-order valence-corrected chi connectivity index (χ3v) is 6.64. The highest BCUT2D eigenvalue weighted by atomic mass is 32.1. The van der Waals surface area contributed by atoms with Crippen molar-refractivity contribution < 1.29 is 9.53 Å². The van der Waals surface area contributed by atoms with Gasteiger partial charge in [0.1, 0.15) is 5.00 Å². The van der Waals surface area contributed by atoms with Gasteiger partial charge in [-0.1, -0.05) is 12.8 Å². The summed E-state index contributed by atoms with van der Waals surface area (Å²) in [4.78, 5) is 14.0. The minimum atomic E-state index is -0.254. The molecule has 2 heterocycles. The van der Waals surface area contributed by atoms with E-state index >= 15 is 0 Å². The van der Waals surface area contributed by atoms with Crippen molar-refractivity contribution in [1.29, 1.82) is 0 Å². The lowest BCUT2D eigenvalue weighted by Crippen LogP contribution is -2.28. The third-order valence-electron chi connectivity index (χ3n) is 5.19. The number of nitrogens with one attached hydrogen (secondary N) is 2. The van der Waals surface area contributed by atoms with E-state index in [1.54, 1.807) is 11.3 Å². The van der Waals surface area contributed by atoms with E-state index in [-0.39, 0.29) is 5.97 Å². The molecule has 0 saturated carbocycles. The molecule has 3 rings (SSSR count). The number of aryl methyl sites for hydroxylation is 3. The number of anilines is 1. The molecule has 2 aromatic heterocycles. The van der Waals surface area contributed by atoms with Gasteiger partial charge < -0.3 is 15.4 Å². The van der Waals surface area contributed by atoms with Crippen LogP contribution in [-0.2, 0) is 30.7 Å². The number of ether oxygens (including phenoxy) is 1. The van der Waals surface area contributed by atoms with Crippen LogP contribution in [-0.4, -0.2) is 27.5 Å². The Kier molecular flexibility index (Phi) is 7.66. The van der Waals surface area contributed by atoms with Gasteiger partial charge in [0.2, 0.25) is 0 Å². The molecular weight excluding hydrogens is 404 g/mol. The van der Waals surface area contributed by atoms with Crippen molar-refractivity contribution in [3.63, 3.8) is 0 Å². The number of rotatable bonds is 6. The second-order valence-electron chi connectivity index (χ2n) is 7.25. The van der Waals surface area contributed by atoms with Crippen molar-refractivity contribution in [3.05, 3.63) is 33.5 Å². The van der Waals surface area contributed by atoms with Crippen LogP contribution < -0.4 is 10.6 Å². The standard InChI is InChI=1S/C21H30N4O2S2/c1-4-25-13-15(14(3)24-25)12-22-21(28)23-19-18(20(26)27-5-2)16-10-8-6-7-9-11-17(16)29-19/h13H,4-12H2,1-3H3,(H2,22,23,28). The summed E-state index contributed by atoms with van der Waals surface area (Å²) in [6.07, 6.45) is 8.72. The number of fused-ring (bicyclic) bond motifs is 1. The van der Waals surface area contributed by atoms with Gasteiger partial charge in [-0.3, -0.25) is 4.68 Å². The number of nitrogens with zero attached hydrogens (tertiary/aromatic N) is 2. The molecule has 0 fully saturated rings. The number of carbonyl (C=O) groups excluding carboxylic acids is 1. The highest BCUT2D eigenvalue weighted by molar-refractivity contribution is 7.80. The Morgan fingerprint density at radius 1 is 1.28 bits per heavy atom. The van der Waals surface area contributed by atoms with Gasteiger partial charge in [0.25, 0.3) is 0 Å². The zero-order chi connectivity index (χ0) is 20.8. The molecule has 158 valence electrons. The van der Waals surface area contributed by atoms with Crippen LogP contribution in [0.4, 0.5) is 5.00 Å². The third kappa shape index (κ3) is 5.36. The van der Waals surface area contributed by atoms with Crippen LogP contribution in [0.5, 0.6) is 0 Å². The van der Waals surface area contributed by atoms with Crippen molar-refractivity contribution in [3.8, 4) is 0 Å². The molecule has 0 aromatic carbocycles. The molecule has 0 saturated heterocycles. The zero-order valence-corrected chi connectivity index (χ0v) is 19.1. The average molecular weight is 435 g/mol. The van der Waals surface area contributed by atoms with Gasteiger partial charge in [-0.05, 0) is 64.2 Å². The molecule has 2 N–H and O–H groups in total. The molecule has 0 amide bonds. The Morgan fingerprint density at radius 2 is 2.03 bits per heavy atom. The van der Waals surface area contributed by atoms with Crippen molar-refractivity contribution in [2.45, 2.75) is 72.4 Å². The first-order chi connectivity index (χ1) is 14.0. The SMILES string of the molecule is CCOC(=O)c1c(NC(=S)NCc2cn(CC)nc2C)sc2c1CCCCCC2. The summed E-state index contributed by atoms with van der Waals surface area (Å²) in [6.45, 7) is 7.70. The van der Waals surface area contributed by atoms with Crippen molar-refractivity contribution in [1.82, 2.24) is 15.1 Å². The highest BCUT2D eigenvalue weighted by Crippen LogP contribution is 2.37. The molecule has 0 atom stereocenters. The predicted molar refractivity (Wildman–Crippen MR) is 122 cm³/mol. The van der Waals surface area contributed by atoms with Crippen molar-refractivity contribution in [2.75, 3.05) is 11.9 Å². The van der Waals surface area contributed by atoms with Gasteiger partial charge in [0.05, 0.1) is 17.9 Å². The summed E-state index contributed by atoms with van der Waals surface area (Å²) < 4.78 is 7.28. The van der Waals surface area contributed by atoms with Crippen LogP contribution in [0, 0.1) is 6.92 Å². The number of esters is 1. The topological polar surface area (TPSA) is 68.2 Å². The van der Waals surface area contributed by atoms with E-state index in [4.69, 9.17) is 17.0 Å². The molecule has 0 bridgehead atoms. The number of aromatic nitrogens is 2. The molecule has 1 aliphatic rings. The summed E-state index contributed by atoms with van der Waals surface area (Å²) in [6, 6.07) is 0. The lowest BCUT2D eigenvalue weighted by molar-refractivity contribution is 0.0526. The van der Waals surface area contributed by atoms with Gasteiger partial charge in [-0.2, -0.15) is 5.10 Å². The quantitative estimate of drug-likeness (QED) is 0.512. The monoisotopic (exact) mass is 434 g/mol. The minimum Gasteiger partial charge on any atom is -0.462 e. The van der Waals surface area contributed by atoms with E-state index in [1.165, 1.54) is 24.1 Å². The average Bonchev–Trinajstić information content (AvgIpc) is 3.20. The molecule has 2 aromatic rings. The summed E-state index contributed by atoms with van der Waals surface area (Å²) in [5.41, 5.74) is 3.93. The molecule has 6 nitrogen and oxygen atoms in total. The van der Waals surface area contributed by atoms with Crippen LogP contribution >= 0.6 is 23.6 Å². The fraction of sp³-hybridized carbons (Fsp3) is 0.571. The first kappa shape index (κ1) is 21.8. The first-order valence-electron chi connectivity index (χ1n) is 10.4. The maximum Gasteiger partial charge on any atom is 0.341 e. The largest absolute Gasteiger partial charge is 0.462 e. The summed E-state index contributed by atoms with van der Waals surface area (Å²) in [7, 11) is 0. The number of hydrogen-bond donors (Lipinski definition) is 2. The van der Waals surface area contributed by atoms with Gasteiger partial charge >= 0.3 is 5.97 Å². The van der Waals surface area contributed by atoms with E-state index < -0.39 is 0 Å². The second-order valence-corrected chi connectivity index (χ2v) is 8.76. The Hall–Kier alpha value is -1.93. The van der Waals surface area contributed by atoms with Crippen LogP contribution in [0.2, 0.25) is 0 Å². The Labute approximate surface area is 182 Å². The number of thiophene rings is 1. The Balaban J connectivity index is 1.76. The molecule has 29 heavy (non-hydrogen) atoms. The lowest BCUT2D eigenvalue weighted by Gasteiger charge is -2.12. The van der Waals surface area contributed by atoms with Crippen LogP contribution in [0.25, 0.3) is 0 Å². The summed E-state index contributed by atoms with van der Waals surface area (Å²) >= 11 is 7.17. The fourth-order valence-electron chi connectivity index (χ4n) is 3.64. The fourth-order valence-corrected chi connectivity index (χ4v) is 5.16. The molecule has 0 unspecified atom stereocenters. The Morgan fingerprint density at radius 3 is 2.72 bits per heavy atom. The summed E-state index contributed by atoms with van der Waals surface area (Å²) in [5, 5.41) is 12.3. The van der Waals surface area contributed by atoms with Gasteiger partial charge in [-0.15, -0.1) is 11.3 Å². The predicted octanol–water partition coefficient (Wildman–Crippen LogP) is 4.60. The molecule has 0 radical (unpaired) electrons. The van der Waals surface area contributed by atoms with E-state index in [0.717, 1.165) is 47.6 Å². The maximum atomic E-state index is 12.7. The highest BCUT2D eigenvalue weighted by Gasteiger charge is 2.25. The lowest BCUT2D eigenvalue weighted by atomic mass is 9.96. The zero-order valence-electron chi connectivity index (χ0n) is 17.5. The Bertz CT molecular complexity index is 872. The molecule has 1 aliphatic carbocycles. The van der Waals surface area contributed by atoms with Gasteiger partial charge in [0.15, 0.2) is 5.11 Å². The van der Waals surface area contributed by atoms with E-state index in [9.17, 15) is 4.79 Å². The van der Waals surface area contributed by atoms with Crippen molar-refractivity contribution in [2.24, 2.45) is 0 Å². The number of carbonyl (C=O) groups is 1. The van der Waals surface area contributed by atoms with Gasteiger partial charge in [0, 0.05) is 29.7 Å². The van der Waals surface area contributed by atoms with E-state index in [1.807, 2.05) is 24.7 Å². The number of hydrogen-bond acceptors (Lipinski definition) is 5. The number of thiocarbonyl (C=S) groups is 1. The first-order valence-corrected chi connectivity index (χ1v) is 11.6. The van der Waals surface area contributed by atoms with Gasteiger partial charge in [-0.25, -0.2) is 4.79 Å².